The molecule has 0 unspecified atom stereocenters. The highest BCUT2D eigenvalue weighted by molar-refractivity contribution is 8.00. The van der Waals surface area contributed by atoms with Crippen molar-refractivity contribution in [2.75, 3.05) is 0 Å². The Hall–Kier alpha value is -1.39. The van der Waals surface area contributed by atoms with Gasteiger partial charge in [-0.2, -0.15) is 8.78 Å². The van der Waals surface area contributed by atoms with Gasteiger partial charge in [-0.05, 0) is 29.5 Å². The molecule has 0 atom stereocenters. The fourth-order valence-electron chi connectivity index (χ4n) is 1.40. The predicted octanol–water partition coefficient (Wildman–Crippen LogP) is 4.55. The topological polar surface area (TPSA) is 9.23 Å². The van der Waals surface area contributed by atoms with E-state index in [0.29, 0.717) is 16.7 Å². The van der Waals surface area contributed by atoms with Gasteiger partial charge in [0.1, 0.15) is 0 Å². The van der Waals surface area contributed by atoms with Crippen molar-refractivity contribution in [3.05, 3.63) is 66.2 Å². The average Bonchev–Trinajstić information content (AvgIpc) is 2.38. The molecule has 0 spiro atoms. The van der Waals surface area contributed by atoms with Gasteiger partial charge in [-0.25, -0.2) is 0 Å². The molecule has 0 aromatic heterocycles. The van der Waals surface area contributed by atoms with Crippen LogP contribution in [0.3, 0.4) is 0 Å². The van der Waals surface area contributed by atoms with E-state index in [9.17, 15) is 8.78 Å². The van der Waals surface area contributed by atoms with Crippen molar-refractivity contribution in [2.24, 2.45) is 0 Å². The van der Waals surface area contributed by atoms with Gasteiger partial charge in [-0.15, -0.1) is 0 Å². The molecule has 18 heavy (non-hydrogen) atoms. The fourth-order valence-corrected chi connectivity index (χ4v) is 2.08. The minimum Gasteiger partial charge on any atom is -0.306 e. The van der Waals surface area contributed by atoms with Crippen LogP contribution in [0.5, 0.6) is 0 Å². The van der Waals surface area contributed by atoms with Crippen LogP contribution in [0.15, 0.2) is 65.6 Å². The highest BCUT2D eigenvalue weighted by atomic mass is 32.2. The Labute approximate surface area is 109 Å². The van der Waals surface area contributed by atoms with E-state index in [1.807, 2.05) is 6.07 Å². The highest BCUT2D eigenvalue weighted by Crippen LogP contribution is 2.37. The summed E-state index contributed by atoms with van der Waals surface area (Å²) in [7, 11) is 0. The van der Waals surface area contributed by atoms with E-state index in [0.717, 1.165) is 5.56 Å². The van der Waals surface area contributed by atoms with Crippen molar-refractivity contribution in [1.29, 1.82) is 0 Å². The summed E-state index contributed by atoms with van der Waals surface area (Å²) in [5, 5.41) is 0. The molecule has 0 N–H and O–H groups in total. The number of halogens is 2. The van der Waals surface area contributed by atoms with E-state index in [4.69, 9.17) is 0 Å². The third-order valence-corrected chi connectivity index (χ3v) is 3.09. The number of benzene rings is 2. The molecule has 0 saturated carbocycles. The zero-order valence-electron chi connectivity index (χ0n) is 9.55. The number of alkyl halides is 2. The van der Waals surface area contributed by atoms with Crippen molar-refractivity contribution >= 4 is 11.8 Å². The molecule has 0 amide bonds. The normalized spacial score (nSPS) is 11.4. The molecular weight excluding hydrogens is 254 g/mol. The third-order valence-electron chi connectivity index (χ3n) is 2.23. The Morgan fingerprint density at radius 2 is 1.44 bits per heavy atom. The van der Waals surface area contributed by atoms with Gasteiger partial charge >= 0.3 is 5.44 Å². The maximum atomic E-state index is 13.5. The molecular formula is C14H12F2OS. The Morgan fingerprint density at radius 3 is 2.06 bits per heavy atom. The van der Waals surface area contributed by atoms with Crippen molar-refractivity contribution in [2.45, 2.75) is 16.9 Å². The van der Waals surface area contributed by atoms with E-state index in [2.05, 4.69) is 4.74 Å². The number of thioether (sulfide) groups is 1. The van der Waals surface area contributed by atoms with E-state index in [-0.39, 0.29) is 6.61 Å². The number of rotatable bonds is 5. The standard InChI is InChI=1S/C14H12F2OS/c15-14(16,18-13-9-5-2-6-10-13)17-11-12-7-3-1-4-8-12/h1-10H,11H2. The SMILES string of the molecule is FC(F)(OCc1ccccc1)Sc1ccccc1. The lowest BCUT2D eigenvalue weighted by molar-refractivity contribution is -0.170. The van der Waals surface area contributed by atoms with Gasteiger partial charge in [0.15, 0.2) is 0 Å². The maximum Gasteiger partial charge on any atom is 0.412 e. The molecule has 0 aliphatic carbocycles. The molecule has 0 aliphatic rings. The number of hydrogen-bond acceptors (Lipinski definition) is 2. The van der Waals surface area contributed by atoms with Crippen molar-refractivity contribution < 1.29 is 13.5 Å². The summed E-state index contributed by atoms with van der Waals surface area (Å²) in [5.74, 6) is 0. The lowest BCUT2D eigenvalue weighted by Crippen LogP contribution is -2.15. The second-order valence-electron chi connectivity index (χ2n) is 3.65. The molecule has 0 heterocycles. The first-order valence-electron chi connectivity index (χ1n) is 5.45. The van der Waals surface area contributed by atoms with Crippen LogP contribution in [0, 0.1) is 0 Å². The minimum absolute atomic E-state index is 0.103. The van der Waals surface area contributed by atoms with Crippen molar-refractivity contribution in [3.8, 4) is 0 Å². The first kappa shape index (κ1) is 13.1. The van der Waals surface area contributed by atoms with E-state index in [1.54, 1.807) is 54.6 Å². The minimum atomic E-state index is -3.23. The summed E-state index contributed by atoms with van der Waals surface area (Å²) >= 11 is 0.410. The lowest BCUT2D eigenvalue weighted by Gasteiger charge is -2.15. The van der Waals surface area contributed by atoms with Gasteiger partial charge < -0.3 is 4.74 Å². The van der Waals surface area contributed by atoms with Crippen molar-refractivity contribution in [1.82, 2.24) is 0 Å². The zero-order chi connectivity index (χ0) is 12.8. The molecule has 94 valence electrons. The van der Waals surface area contributed by atoms with E-state index < -0.39 is 5.44 Å². The van der Waals surface area contributed by atoms with Gasteiger partial charge in [0, 0.05) is 4.90 Å². The number of ether oxygens (including phenoxy) is 1. The molecule has 2 aromatic rings. The van der Waals surface area contributed by atoms with Gasteiger partial charge in [-0.1, -0.05) is 48.5 Å². The first-order chi connectivity index (χ1) is 8.66. The zero-order valence-corrected chi connectivity index (χ0v) is 10.4. The Kier molecular flexibility index (Phi) is 4.33. The quantitative estimate of drug-likeness (QED) is 0.580. The summed E-state index contributed by atoms with van der Waals surface area (Å²) in [4.78, 5) is 0.482. The van der Waals surface area contributed by atoms with Crippen LogP contribution in [0.1, 0.15) is 5.56 Å². The summed E-state index contributed by atoms with van der Waals surface area (Å²) < 4.78 is 31.7. The molecule has 0 aliphatic heterocycles. The van der Waals surface area contributed by atoms with Crippen LogP contribution in [-0.2, 0) is 11.3 Å². The van der Waals surface area contributed by atoms with E-state index in [1.165, 1.54) is 0 Å². The lowest BCUT2D eigenvalue weighted by atomic mass is 10.2. The molecule has 2 aromatic carbocycles. The summed E-state index contributed by atoms with van der Waals surface area (Å²) in [6.07, 6.45) is 0. The monoisotopic (exact) mass is 266 g/mol. The Morgan fingerprint density at radius 1 is 0.889 bits per heavy atom. The first-order valence-corrected chi connectivity index (χ1v) is 6.27. The van der Waals surface area contributed by atoms with Crippen LogP contribution < -0.4 is 0 Å². The smallest absolute Gasteiger partial charge is 0.306 e. The van der Waals surface area contributed by atoms with Gasteiger partial charge in [0.25, 0.3) is 0 Å². The summed E-state index contributed by atoms with van der Waals surface area (Å²) in [6.45, 7) is -0.103. The molecule has 2 rings (SSSR count). The molecule has 1 nitrogen and oxygen atoms in total. The second kappa shape index (κ2) is 5.98. The average molecular weight is 266 g/mol. The predicted molar refractivity (Wildman–Crippen MR) is 68.5 cm³/mol. The van der Waals surface area contributed by atoms with Gasteiger partial charge in [0.05, 0.1) is 6.61 Å². The molecule has 0 fully saturated rings. The fraction of sp³-hybridized carbons (Fsp3) is 0.143. The van der Waals surface area contributed by atoms with Crippen LogP contribution in [0.2, 0.25) is 0 Å². The molecule has 4 heteroatoms. The van der Waals surface area contributed by atoms with Crippen molar-refractivity contribution in [3.63, 3.8) is 0 Å². The van der Waals surface area contributed by atoms with Crippen LogP contribution >= 0.6 is 11.8 Å². The van der Waals surface area contributed by atoms with Crippen LogP contribution in [-0.4, -0.2) is 5.44 Å². The largest absolute Gasteiger partial charge is 0.412 e. The third kappa shape index (κ3) is 4.13. The molecule has 0 bridgehead atoms. The molecule has 0 radical (unpaired) electrons. The highest BCUT2D eigenvalue weighted by Gasteiger charge is 2.31. The van der Waals surface area contributed by atoms with Gasteiger partial charge in [-0.3, -0.25) is 0 Å². The summed E-state index contributed by atoms with van der Waals surface area (Å²) in [6, 6.07) is 17.4. The Balaban J connectivity index is 1.91. The van der Waals surface area contributed by atoms with Crippen LogP contribution in [0.4, 0.5) is 8.78 Å². The van der Waals surface area contributed by atoms with Gasteiger partial charge in [0.2, 0.25) is 0 Å². The molecule has 0 saturated heterocycles. The maximum absolute atomic E-state index is 13.5. The summed E-state index contributed by atoms with van der Waals surface area (Å²) in [5.41, 5.74) is -2.50. The number of hydrogen-bond donors (Lipinski definition) is 0. The Bertz CT molecular complexity index is 474. The van der Waals surface area contributed by atoms with Crippen LogP contribution in [0.25, 0.3) is 0 Å². The second-order valence-corrected chi connectivity index (χ2v) is 4.80. The van der Waals surface area contributed by atoms with E-state index >= 15 is 0 Å².